The first kappa shape index (κ1) is 16.2. The van der Waals surface area contributed by atoms with Gasteiger partial charge in [-0.15, -0.1) is 0 Å². The number of benzene rings is 1. The van der Waals surface area contributed by atoms with Gasteiger partial charge in [0.2, 0.25) is 0 Å². The fourth-order valence-corrected chi connectivity index (χ4v) is 3.31. The highest BCUT2D eigenvalue weighted by molar-refractivity contribution is 5.99. The first-order chi connectivity index (χ1) is 10.4. The number of carbonyl (C=O) groups excluding carboxylic acids is 1. The van der Waals surface area contributed by atoms with E-state index in [1.807, 2.05) is 0 Å². The number of halogens is 3. The molecule has 2 aliphatic rings. The second kappa shape index (κ2) is 4.46. The van der Waals surface area contributed by atoms with Gasteiger partial charge in [0.05, 0.1) is 11.2 Å². The third-order valence-corrected chi connectivity index (χ3v) is 3.84. The highest BCUT2D eigenvalue weighted by atomic mass is 19.4. The molecule has 0 bridgehead atoms. The standard InChI is InChI=1S/C15H16F3NO4/c1-12(2)8-13(3,21)23-19-11(20)9-6-4-5-7-10(9)14(19,22-12)15(16,17)18/h4-7,21H,8H2,1-3H3. The van der Waals surface area contributed by atoms with Crippen molar-refractivity contribution in [2.24, 2.45) is 0 Å². The summed E-state index contributed by atoms with van der Waals surface area (Å²) in [6.07, 6.45) is -5.21. The summed E-state index contributed by atoms with van der Waals surface area (Å²) in [7, 11) is 0. The first-order valence-electron chi connectivity index (χ1n) is 7.02. The van der Waals surface area contributed by atoms with Gasteiger partial charge in [-0.25, -0.2) is 4.84 Å². The van der Waals surface area contributed by atoms with Gasteiger partial charge >= 0.3 is 6.18 Å². The number of hydrogen-bond donors (Lipinski definition) is 1. The molecule has 2 heterocycles. The minimum absolute atomic E-state index is 0.117. The summed E-state index contributed by atoms with van der Waals surface area (Å²) in [5.41, 5.74) is -5.00. The van der Waals surface area contributed by atoms with Gasteiger partial charge in [0, 0.05) is 12.0 Å². The van der Waals surface area contributed by atoms with E-state index in [0.29, 0.717) is 0 Å². The zero-order valence-electron chi connectivity index (χ0n) is 12.8. The lowest BCUT2D eigenvalue weighted by Crippen LogP contribution is -2.57. The number of rotatable bonds is 0. The molecule has 1 aromatic rings. The van der Waals surface area contributed by atoms with E-state index in [4.69, 9.17) is 9.57 Å². The molecule has 0 aromatic heterocycles. The van der Waals surface area contributed by atoms with Crippen molar-refractivity contribution in [2.75, 3.05) is 0 Å². The fourth-order valence-electron chi connectivity index (χ4n) is 3.31. The normalized spacial score (nSPS) is 33.2. The maximum atomic E-state index is 14.0. The third-order valence-electron chi connectivity index (χ3n) is 3.84. The van der Waals surface area contributed by atoms with Crippen LogP contribution in [-0.4, -0.2) is 33.6 Å². The number of hydrogen-bond acceptors (Lipinski definition) is 4. The van der Waals surface area contributed by atoms with Gasteiger partial charge < -0.3 is 9.84 Å². The summed E-state index contributed by atoms with van der Waals surface area (Å²) < 4.78 is 47.5. The lowest BCUT2D eigenvalue weighted by Gasteiger charge is -2.40. The Bertz CT molecular complexity index is 671. The molecule has 2 aliphatic heterocycles. The van der Waals surface area contributed by atoms with Crippen LogP contribution in [0.25, 0.3) is 0 Å². The van der Waals surface area contributed by atoms with Crippen LogP contribution < -0.4 is 0 Å². The Labute approximate surface area is 130 Å². The summed E-state index contributed by atoms with van der Waals surface area (Å²) in [4.78, 5) is 17.5. The monoisotopic (exact) mass is 331 g/mol. The Balaban J connectivity index is 2.31. The SMILES string of the molecule is CC1(C)CC(C)(O)ON2C(=O)c3ccccc3C2(C(F)(F)F)O1. The molecular weight excluding hydrogens is 315 g/mol. The maximum absolute atomic E-state index is 14.0. The summed E-state index contributed by atoms with van der Waals surface area (Å²) >= 11 is 0. The summed E-state index contributed by atoms with van der Waals surface area (Å²) in [6.45, 7) is 4.02. The van der Waals surface area contributed by atoms with Crippen molar-refractivity contribution >= 4 is 5.91 Å². The molecule has 2 atom stereocenters. The van der Waals surface area contributed by atoms with Crippen LogP contribution in [0.4, 0.5) is 13.2 Å². The second-order valence-electron chi connectivity index (χ2n) is 6.59. The Morgan fingerprint density at radius 1 is 1.22 bits per heavy atom. The Morgan fingerprint density at radius 3 is 2.43 bits per heavy atom. The highest BCUT2D eigenvalue weighted by Gasteiger charge is 2.72. The van der Waals surface area contributed by atoms with Crippen LogP contribution in [0.2, 0.25) is 0 Å². The zero-order valence-corrected chi connectivity index (χ0v) is 12.8. The second-order valence-corrected chi connectivity index (χ2v) is 6.59. The summed E-state index contributed by atoms with van der Waals surface area (Å²) in [5, 5.41) is 10.4. The van der Waals surface area contributed by atoms with Gasteiger partial charge in [-0.2, -0.15) is 18.2 Å². The number of carbonyl (C=O) groups is 1. The van der Waals surface area contributed by atoms with Crippen LogP contribution in [-0.2, 0) is 15.3 Å². The molecule has 1 saturated heterocycles. The van der Waals surface area contributed by atoms with E-state index in [9.17, 15) is 23.1 Å². The molecule has 0 spiro atoms. The number of alkyl halides is 3. The lowest BCUT2D eigenvalue weighted by molar-refractivity contribution is -0.416. The average Bonchev–Trinajstić information content (AvgIpc) is 2.54. The van der Waals surface area contributed by atoms with Gasteiger partial charge in [0.15, 0.2) is 5.79 Å². The number of amides is 1. The molecule has 1 aromatic carbocycles. The minimum atomic E-state index is -4.97. The van der Waals surface area contributed by atoms with E-state index < -0.39 is 29.2 Å². The van der Waals surface area contributed by atoms with Crippen molar-refractivity contribution in [3.63, 3.8) is 0 Å². The first-order valence-corrected chi connectivity index (χ1v) is 7.02. The molecule has 0 radical (unpaired) electrons. The van der Waals surface area contributed by atoms with Crippen LogP contribution in [0.15, 0.2) is 24.3 Å². The molecule has 1 fully saturated rings. The molecule has 8 heteroatoms. The highest BCUT2D eigenvalue weighted by Crippen LogP contribution is 2.55. The van der Waals surface area contributed by atoms with E-state index in [-0.39, 0.29) is 22.6 Å². The molecule has 23 heavy (non-hydrogen) atoms. The van der Waals surface area contributed by atoms with Crippen molar-refractivity contribution in [2.45, 2.75) is 50.5 Å². The van der Waals surface area contributed by atoms with Crippen LogP contribution in [0.1, 0.15) is 43.1 Å². The van der Waals surface area contributed by atoms with Crippen LogP contribution >= 0.6 is 0 Å². The topological polar surface area (TPSA) is 59.0 Å². The van der Waals surface area contributed by atoms with Crippen LogP contribution in [0.5, 0.6) is 0 Å². The maximum Gasteiger partial charge on any atom is 0.443 e. The van der Waals surface area contributed by atoms with Gasteiger partial charge in [-0.05, 0) is 26.8 Å². The van der Waals surface area contributed by atoms with Crippen molar-refractivity contribution in [1.29, 1.82) is 0 Å². The van der Waals surface area contributed by atoms with Crippen molar-refractivity contribution in [1.82, 2.24) is 5.06 Å². The number of ether oxygens (including phenoxy) is 1. The number of fused-ring (bicyclic) bond motifs is 3. The Morgan fingerprint density at radius 2 is 1.83 bits per heavy atom. The van der Waals surface area contributed by atoms with Crippen LogP contribution in [0.3, 0.4) is 0 Å². The fraction of sp³-hybridized carbons (Fsp3) is 0.533. The molecule has 1 N–H and O–H groups in total. The number of hydroxylamine groups is 2. The quantitative estimate of drug-likeness (QED) is 0.794. The van der Waals surface area contributed by atoms with Gasteiger partial charge in [-0.3, -0.25) is 4.79 Å². The molecule has 1 amide bonds. The van der Waals surface area contributed by atoms with E-state index >= 15 is 0 Å². The van der Waals surface area contributed by atoms with E-state index in [0.717, 1.165) is 0 Å². The molecule has 5 nitrogen and oxygen atoms in total. The largest absolute Gasteiger partial charge is 0.443 e. The zero-order chi connectivity index (χ0) is 17.3. The molecule has 2 unspecified atom stereocenters. The molecule has 126 valence electrons. The third kappa shape index (κ3) is 2.24. The van der Waals surface area contributed by atoms with E-state index in [1.54, 1.807) is 0 Å². The van der Waals surface area contributed by atoms with Crippen molar-refractivity contribution in [3.8, 4) is 0 Å². The van der Waals surface area contributed by atoms with Crippen LogP contribution in [0, 0.1) is 0 Å². The predicted molar refractivity (Wildman–Crippen MR) is 71.8 cm³/mol. The summed E-state index contributed by atoms with van der Waals surface area (Å²) in [6, 6.07) is 5.30. The number of nitrogens with zero attached hydrogens (tertiary/aromatic N) is 1. The van der Waals surface area contributed by atoms with Crippen molar-refractivity contribution in [3.05, 3.63) is 35.4 Å². The van der Waals surface area contributed by atoms with Gasteiger partial charge in [0.25, 0.3) is 11.6 Å². The Hall–Kier alpha value is -1.64. The number of aliphatic hydroxyl groups is 1. The van der Waals surface area contributed by atoms with E-state index in [2.05, 4.69) is 0 Å². The lowest BCUT2D eigenvalue weighted by atomic mass is 9.96. The Kier molecular flexibility index (Phi) is 3.15. The average molecular weight is 331 g/mol. The van der Waals surface area contributed by atoms with Gasteiger partial charge in [-0.1, -0.05) is 18.2 Å². The van der Waals surface area contributed by atoms with Crippen molar-refractivity contribution < 1.29 is 32.6 Å². The molecule has 3 rings (SSSR count). The molecule has 0 saturated carbocycles. The smallest absolute Gasteiger partial charge is 0.364 e. The minimum Gasteiger partial charge on any atom is -0.364 e. The predicted octanol–water partition coefficient (Wildman–Crippen LogP) is 2.70. The summed E-state index contributed by atoms with van der Waals surface area (Å²) in [5.74, 6) is -3.00. The molecule has 0 aliphatic carbocycles. The van der Waals surface area contributed by atoms with Gasteiger partial charge in [0.1, 0.15) is 0 Å². The van der Waals surface area contributed by atoms with E-state index in [1.165, 1.54) is 45.0 Å². The molecular formula is C15H16F3NO4.